The van der Waals surface area contributed by atoms with E-state index >= 15 is 0 Å². The molecule has 0 N–H and O–H groups in total. The van der Waals surface area contributed by atoms with Crippen molar-refractivity contribution in [1.29, 1.82) is 0 Å². The van der Waals surface area contributed by atoms with Gasteiger partial charge in [0.15, 0.2) is 5.78 Å². The Hall–Kier alpha value is -0.870. The van der Waals surface area contributed by atoms with Crippen molar-refractivity contribution < 1.29 is 4.79 Å². The van der Waals surface area contributed by atoms with Gasteiger partial charge >= 0.3 is 0 Å². The summed E-state index contributed by atoms with van der Waals surface area (Å²) in [5.74, 6) is 0.107. The Kier molecular flexibility index (Phi) is 4.63. The van der Waals surface area contributed by atoms with Crippen LogP contribution in [0.5, 0.6) is 0 Å². The van der Waals surface area contributed by atoms with E-state index in [4.69, 9.17) is 11.6 Å². The van der Waals surface area contributed by atoms with E-state index in [0.29, 0.717) is 17.0 Å². The van der Waals surface area contributed by atoms with Crippen molar-refractivity contribution in [1.82, 2.24) is 0 Å². The molecule has 1 nitrogen and oxygen atoms in total. The zero-order chi connectivity index (χ0) is 14.0. The van der Waals surface area contributed by atoms with Crippen LogP contribution in [-0.4, -0.2) is 5.78 Å². The molecule has 0 aromatic heterocycles. The smallest absolute Gasteiger partial charge is 0.167 e. The maximum atomic E-state index is 12.3. The molecule has 0 saturated carbocycles. The molecule has 2 aromatic rings. The van der Waals surface area contributed by atoms with Crippen LogP contribution in [-0.2, 0) is 6.42 Å². The third-order valence-electron chi connectivity index (χ3n) is 3.22. The van der Waals surface area contributed by atoms with Crippen LogP contribution in [0.15, 0.2) is 36.4 Å². The van der Waals surface area contributed by atoms with Gasteiger partial charge < -0.3 is 0 Å². The lowest BCUT2D eigenvalue weighted by Crippen LogP contribution is -2.06. The number of ketones is 1. The van der Waals surface area contributed by atoms with Gasteiger partial charge in [-0.25, -0.2) is 0 Å². The first-order valence-corrected chi connectivity index (χ1v) is 7.48. The maximum absolute atomic E-state index is 12.3. The SMILES string of the molecule is Cc1cccc(C)c1CC(=O)c1ccc(I)c(Cl)c1. The van der Waals surface area contributed by atoms with Crippen LogP contribution in [0.1, 0.15) is 27.0 Å². The number of rotatable bonds is 3. The summed E-state index contributed by atoms with van der Waals surface area (Å²) in [6.07, 6.45) is 0.426. The highest BCUT2D eigenvalue weighted by atomic mass is 127. The number of hydrogen-bond acceptors (Lipinski definition) is 1. The van der Waals surface area contributed by atoms with Gasteiger partial charge in [-0.05, 0) is 65.3 Å². The number of benzene rings is 2. The van der Waals surface area contributed by atoms with Crippen molar-refractivity contribution in [2.24, 2.45) is 0 Å². The average molecular weight is 385 g/mol. The fourth-order valence-electron chi connectivity index (χ4n) is 2.06. The molecule has 2 aromatic carbocycles. The summed E-state index contributed by atoms with van der Waals surface area (Å²) in [6, 6.07) is 11.6. The van der Waals surface area contributed by atoms with Gasteiger partial charge in [0.1, 0.15) is 0 Å². The van der Waals surface area contributed by atoms with E-state index in [2.05, 4.69) is 22.6 Å². The zero-order valence-electron chi connectivity index (χ0n) is 10.8. The third kappa shape index (κ3) is 3.37. The van der Waals surface area contributed by atoms with Gasteiger partial charge in [-0.2, -0.15) is 0 Å². The number of Topliss-reactive ketones (excluding diaryl/α,β-unsaturated/α-hetero) is 1. The molecule has 0 aliphatic carbocycles. The summed E-state index contributed by atoms with van der Waals surface area (Å²) in [4.78, 5) is 12.3. The Bertz CT molecular complexity index is 614. The largest absolute Gasteiger partial charge is 0.294 e. The Morgan fingerprint density at radius 2 is 1.79 bits per heavy atom. The van der Waals surface area contributed by atoms with Crippen molar-refractivity contribution in [3.8, 4) is 0 Å². The van der Waals surface area contributed by atoms with E-state index in [9.17, 15) is 4.79 Å². The van der Waals surface area contributed by atoms with Crippen LogP contribution < -0.4 is 0 Å². The fraction of sp³-hybridized carbons (Fsp3) is 0.188. The molecule has 0 radical (unpaired) electrons. The fourth-order valence-corrected chi connectivity index (χ4v) is 2.58. The first kappa shape index (κ1) is 14.5. The maximum Gasteiger partial charge on any atom is 0.167 e. The molecular weight excluding hydrogens is 371 g/mol. The van der Waals surface area contributed by atoms with Crippen molar-refractivity contribution in [2.75, 3.05) is 0 Å². The van der Waals surface area contributed by atoms with Gasteiger partial charge in [-0.3, -0.25) is 4.79 Å². The molecule has 0 fully saturated rings. The number of carbonyl (C=O) groups is 1. The highest BCUT2D eigenvalue weighted by Gasteiger charge is 2.12. The molecule has 0 heterocycles. The Morgan fingerprint density at radius 3 is 2.37 bits per heavy atom. The highest BCUT2D eigenvalue weighted by molar-refractivity contribution is 14.1. The lowest BCUT2D eigenvalue weighted by atomic mass is 9.96. The molecule has 0 atom stereocenters. The first-order chi connectivity index (χ1) is 8.99. The second-order valence-electron chi connectivity index (χ2n) is 4.60. The summed E-state index contributed by atoms with van der Waals surface area (Å²) >= 11 is 8.22. The van der Waals surface area contributed by atoms with Crippen molar-refractivity contribution >= 4 is 40.0 Å². The first-order valence-electron chi connectivity index (χ1n) is 6.02. The molecule has 3 heteroatoms. The van der Waals surface area contributed by atoms with Crippen LogP contribution in [0.3, 0.4) is 0 Å². The minimum Gasteiger partial charge on any atom is -0.294 e. The molecule has 0 aliphatic heterocycles. The van der Waals surface area contributed by atoms with Crippen molar-refractivity contribution in [3.05, 3.63) is 67.2 Å². The summed E-state index contributed by atoms with van der Waals surface area (Å²) in [5.41, 5.74) is 4.10. The second kappa shape index (κ2) is 6.06. The van der Waals surface area contributed by atoms with Gasteiger partial charge in [-0.1, -0.05) is 35.9 Å². The Balaban J connectivity index is 2.28. The van der Waals surface area contributed by atoms with Crippen molar-refractivity contribution in [3.63, 3.8) is 0 Å². The molecule has 19 heavy (non-hydrogen) atoms. The highest BCUT2D eigenvalue weighted by Crippen LogP contribution is 2.22. The van der Waals surface area contributed by atoms with E-state index in [0.717, 1.165) is 20.3 Å². The molecule has 0 spiro atoms. The zero-order valence-corrected chi connectivity index (χ0v) is 13.7. The predicted octanol–water partition coefficient (Wildman–Crippen LogP) is 4.99. The van der Waals surface area contributed by atoms with E-state index in [1.807, 2.05) is 44.2 Å². The Labute approximate surface area is 132 Å². The number of hydrogen-bond donors (Lipinski definition) is 0. The topological polar surface area (TPSA) is 17.1 Å². The third-order valence-corrected chi connectivity index (χ3v) is 4.80. The minimum absolute atomic E-state index is 0.107. The molecule has 0 saturated heterocycles. The van der Waals surface area contributed by atoms with Crippen LogP contribution >= 0.6 is 34.2 Å². The molecule has 0 unspecified atom stereocenters. The minimum atomic E-state index is 0.107. The number of carbonyl (C=O) groups excluding carboxylic acids is 1. The van der Waals surface area contributed by atoms with Crippen LogP contribution in [0.4, 0.5) is 0 Å². The van der Waals surface area contributed by atoms with Gasteiger partial charge in [0, 0.05) is 15.6 Å². The van der Waals surface area contributed by atoms with Crippen LogP contribution in [0.25, 0.3) is 0 Å². The van der Waals surface area contributed by atoms with Gasteiger partial charge in [0.2, 0.25) is 0 Å². The predicted molar refractivity (Wildman–Crippen MR) is 88.1 cm³/mol. The Morgan fingerprint density at radius 1 is 1.16 bits per heavy atom. The van der Waals surface area contributed by atoms with Crippen LogP contribution in [0.2, 0.25) is 5.02 Å². The van der Waals surface area contributed by atoms with E-state index < -0.39 is 0 Å². The number of aryl methyl sites for hydroxylation is 2. The van der Waals surface area contributed by atoms with E-state index in [1.165, 1.54) is 0 Å². The summed E-state index contributed by atoms with van der Waals surface area (Å²) in [5, 5.41) is 0.632. The van der Waals surface area contributed by atoms with Crippen molar-refractivity contribution in [2.45, 2.75) is 20.3 Å². The monoisotopic (exact) mass is 384 g/mol. The molecule has 0 bridgehead atoms. The lowest BCUT2D eigenvalue weighted by molar-refractivity contribution is 0.0992. The summed E-state index contributed by atoms with van der Waals surface area (Å²) < 4.78 is 0.961. The molecule has 0 amide bonds. The quantitative estimate of drug-likeness (QED) is 0.538. The number of halogens is 2. The molecule has 2 rings (SSSR count). The van der Waals surface area contributed by atoms with Gasteiger partial charge in [-0.15, -0.1) is 0 Å². The van der Waals surface area contributed by atoms with E-state index in [1.54, 1.807) is 6.07 Å². The summed E-state index contributed by atoms with van der Waals surface area (Å²) in [6.45, 7) is 4.08. The van der Waals surface area contributed by atoms with Gasteiger partial charge in [0.05, 0.1) is 5.02 Å². The normalized spacial score (nSPS) is 10.5. The molecule has 98 valence electrons. The second-order valence-corrected chi connectivity index (χ2v) is 6.17. The molecular formula is C16H14ClIO. The average Bonchev–Trinajstić information content (AvgIpc) is 2.37. The lowest BCUT2D eigenvalue weighted by Gasteiger charge is -2.09. The van der Waals surface area contributed by atoms with E-state index in [-0.39, 0.29) is 5.78 Å². The molecule has 0 aliphatic rings. The standard InChI is InChI=1S/C16H14ClIO/c1-10-4-3-5-11(2)13(10)9-16(19)12-6-7-15(18)14(17)8-12/h3-8H,9H2,1-2H3. The van der Waals surface area contributed by atoms with Gasteiger partial charge in [0.25, 0.3) is 0 Å². The summed E-state index contributed by atoms with van der Waals surface area (Å²) in [7, 11) is 0. The van der Waals surface area contributed by atoms with Crippen LogP contribution in [0, 0.1) is 17.4 Å².